The lowest BCUT2D eigenvalue weighted by atomic mass is 9.95. The van der Waals surface area contributed by atoms with Gasteiger partial charge in [-0.25, -0.2) is 13.8 Å². The fourth-order valence-electron chi connectivity index (χ4n) is 3.91. The first kappa shape index (κ1) is 21.0. The minimum absolute atomic E-state index is 0.163. The largest absolute Gasteiger partial charge is 0.507 e. The number of carbonyl (C=O) groups is 2. The van der Waals surface area contributed by atoms with Gasteiger partial charge in [0.1, 0.15) is 17.4 Å². The fraction of sp³-hybridized carbons (Fsp3) is 0.0800. The van der Waals surface area contributed by atoms with E-state index in [1.165, 1.54) is 46.6 Å². The van der Waals surface area contributed by atoms with Crippen molar-refractivity contribution in [2.45, 2.75) is 13.0 Å². The molecule has 0 saturated carbocycles. The number of rotatable bonds is 3. The fourth-order valence-corrected chi connectivity index (χ4v) is 5.00. The number of fused-ring (bicyclic) bond motifs is 1. The number of carbonyl (C=O) groups excluding carboxylic acids is 2. The Bertz CT molecular complexity index is 1460. The second-order valence-electron chi connectivity index (χ2n) is 7.70. The third-order valence-electron chi connectivity index (χ3n) is 5.47. The van der Waals surface area contributed by atoms with Crippen LogP contribution in [0.25, 0.3) is 16.0 Å². The lowest BCUT2D eigenvalue weighted by Crippen LogP contribution is -2.29. The molecule has 0 spiro atoms. The van der Waals surface area contributed by atoms with Crippen LogP contribution < -0.4 is 4.90 Å². The van der Waals surface area contributed by atoms with Crippen LogP contribution in [0.5, 0.6) is 0 Å². The molecule has 1 aromatic heterocycles. The monoisotopic (exact) mass is 462 g/mol. The van der Waals surface area contributed by atoms with Crippen LogP contribution in [0.1, 0.15) is 22.7 Å². The summed E-state index contributed by atoms with van der Waals surface area (Å²) in [7, 11) is 0. The third-order valence-corrected chi connectivity index (χ3v) is 6.48. The molecule has 4 aromatic rings. The van der Waals surface area contributed by atoms with Crippen molar-refractivity contribution in [3.05, 3.63) is 101 Å². The minimum Gasteiger partial charge on any atom is -0.507 e. The number of ketones is 1. The summed E-state index contributed by atoms with van der Waals surface area (Å²) in [5.74, 6) is -3.36. The number of aliphatic hydroxyl groups excluding tert-OH is 1. The Hall–Kier alpha value is -3.91. The van der Waals surface area contributed by atoms with Crippen molar-refractivity contribution in [2.75, 3.05) is 4.90 Å². The van der Waals surface area contributed by atoms with Gasteiger partial charge in [-0.3, -0.25) is 14.5 Å². The molecule has 33 heavy (non-hydrogen) atoms. The molecule has 2 heterocycles. The van der Waals surface area contributed by atoms with Gasteiger partial charge in [0.05, 0.1) is 21.8 Å². The minimum atomic E-state index is -1.10. The first-order valence-electron chi connectivity index (χ1n) is 10.0. The van der Waals surface area contributed by atoms with Crippen molar-refractivity contribution >= 4 is 44.1 Å². The van der Waals surface area contributed by atoms with Crippen LogP contribution in [-0.2, 0) is 9.59 Å². The van der Waals surface area contributed by atoms with Gasteiger partial charge in [-0.1, -0.05) is 29.5 Å². The summed E-state index contributed by atoms with van der Waals surface area (Å²) in [6, 6.07) is 14.9. The van der Waals surface area contributed by atoms with E-state index in [9.17, 15) is 23.5 Å². The third kappa shape index (κ3) is 3.58. The highest BCUT2D eigenvalue weighted by atomic mass is 32.1. The molecule has 1 aliphatic heterocycles. The Morgan fingerprint density at radius 2 is 1.76 bits per heavy atom. The van der Waals surface area contributed by atoms with E-state index in [-0.39, 0.29) is 16.3 Å². The molecule has 0 radical (unpaired) electrons. The van der Waals surface area contributed by atoms with Crippen molar-refractivity contribution < 1.29 is 23.5 Å². The van der Waals surface area contributed by atoms with Gasteiger partial charge in [-0.15, -0.1) is 0 Å². The number of anilines is 1. The zero-order chi connectivity index (χ0) is 23.3. The molecule has 1 atom stereocenters. The topological polar surface area (TPSA) is 70.5 Å². The first-order chi connectivity index (χ1) is 15.8. The highest BCUT2D eigenvalue weighted by Crippen LogP contribution is 2.44. The first-order valence-corrected chi connectivity index (χ1v) is 10.8. The number of aliphatic hydroxyl groups is 1. The van der Waals surface area contributed by atoms with Gasteiger partial charge in [0.15, 0.2) is 5.13 Å². The van der Waals surface area contributed by atoms with Gasteiger partial charge < -0.3 is 5.11 Å². The summed E-state index contributed by atoms with van der Waals surface area (Å²) in [5, 5.41) is 11.2. The Kier molecular flexibility index (Phi) is 5.02. The SMILES string of the molecule is Cc1ccc2nc(N3C(=O)C(=O)/C(=C(/O)c4ccc(F)cc4)[C@@H]3c3cccc(F)c3)sc2c1. The average Bonchev–Trinajstić information content (AvgIpc) is 3.32. The number of hydrogen-bond donors (Lipinski definition) is 1. The quantitative estimate of drug-likeness (QED) is 0.248. The lowest BCUT2D eigenvalue weighted by Gasteiger charge is -2.23. The standard InChI is InChI=1S/C25H16F2N2O3S/c1-13-5-10-18-19(11-13)33-25(28-18)29-21(15-3-2-4-17(27)12-15)20(23(31)24(29)32)22(30)14-6-8-16(26)9-7-14/h2-12,21,30H,1H3/b22-20+/t21-/m0/s1. The van der Waals surface area contributed by atoms with E-state index < -0.39 is 35.1 Å². The Morgan fingerprint density at radius 1 is 1.00 bits per heavy atom. The molecule has 0 unspecified atom stereocenters. The number of halogens is 2. The average molecular weight is 462 g/mol. The summed E-state index contributed by atoms with van der Waals surface area (Å²) in [6.07, 6.45) is 0. The summed E-state index contributed by atoms with van der Waals surface area (Å²) in [5.41, 5.74) is 1.91. The summed E-state index contributed by atoms with van der Waals surface area (Å²) in [6.45, 7) is 1.93. The highest BCUT2D eigenvalue weighted by Gasteiger charge is 2.48. The van der Waals surface area contributed by atoms with Gasteiger partial charge in [0.2, 0.25) is 0 Å². The van der Waals surface area contributed by atoms with Crippen LogP contribution in [0, 0.1) is 18.6 Å². The Balaban J connectivity index is 1.74. The molecule has 164 valence electrons. The normalized spacial score (nSPS) is 17.8. The molecule has 0 bridgehead atoms. The van der Waals surface area contributed by atoms with E-state index in [2.05, 4.69) is 4.98 Å². The molecule has 5 nitrogen and oxygen atoms in total. The van der Waals surface area contributed by atoms with E-state index >= 15 is 0 Å². The van der Waals surface area contributed by atoms with E-state index in [1.807, 2.05) is 25.1 Å². The molecule has 8 heteroatoms. The zero-order valence-corrected chi connectivity index (χ0v) is 18.1. The molecular formula is C25H16F2N2O3S. The summed E-state index contributed by atoms with van der Waals surface area (Å²) in [4.78, 5) is 32.0. The van der Waals surface area contributed by atoms with Crippen LogP contribution in [0.2, 0.25) is 0 Å². The second kappa shape index (κ2) is 7.90. The molecule has 1 aliphatic rings. The molecule has 3 aromatic carbocycles. The Morgan fingerprint density at radius 3 is 2.48 bits per heavy atom. The van der Waals surface area contributed by atoms with Gasteiger partial charge in [0.25, 0.3) is 5.78 Å². The number of nitrogens with zero attached hydrogens (tertiary/aromatic N) is 2. The molecule has 1 amide bonds. The van der Waals surface area contributed by atoms with E-state index in [0.29, 0.717) is 11.1 Å². The number of aryl methyl sites for hydroxylation is 1. The van der Waals surface area contributed by atoms with Gasteiger partial charge in [-0.2, -0.15) is 0 Å². The van der Waals surface area contributed by atoms with Crippen LogP contribution >= 0.6 is 11.3 Å². The number of Topliss-reactive ketones (excluding diaryl/α,β-unsaturated/α-hetero) is 1. The van der Waals surface area contributed by atoms with Gasteiger partial charge in [0, 0.05) is 5.56 Å². The lowest BCUT2D eigenvalue weighted by molar-refractivity contribution is -0.132. The number of benzene rings is 3. The van der Waals surface area contributed by atoms with Gasteiger partial charge >= 0.3 is 5.91 Å². The van der Waals surface area contributed by atoms with E-state index in [4.69, 9.17) is 0 Å². The van der Waals surface area contributed by atoms with Crippen LogP contribution in [0.15, 0.2) is 72.3 Å². The molecular weight excluding hydrogens is 446 g/mol. The molecule has 5 rings (SSSR count). The number of amides is 1. The number of hydrogen-bond acceptors (Lipinski definition) is 5. The summed E-state index contributed by atoms with van der Waals surface area (Å²) >= 11 is 1.22. The van der Waals surface area contributed by atoms with E-state index in [0.717, 1.165) is 22.4 Å². The van der Waals surface area contributed by atoms with Crippen LogP contribution in [-0.4, -0.2) is 21.8 Å². The van der Waals surface area contributed by atoms with Crippen LogP contribution in [0.4, 0.5) is 13.9 Å². The van der Waals surface area contributed by atoms with Gasteiger partial charge in [-0.05, 0) is 66.6 Å². The van der Waals surface area contributed by atoms with Crippen molar-refractivity contribution in [3.8, 4) is 0 Å². The van der Waals surface area contributed by atoms with Crippen molar-refractivity contribution in [1.29, 1.82) is 0 Å². The van der Waals surface area contributed by atoms with Crippen molar-refractivity contribution in [3.63, 3.8) is 0 Å². The predicted molar refractivity (Wildman–Crippen MR) is 122 cm³/mol. The number of thiazole rings is 1. The maximum absolute atomic E-state index is 14.1. The smallest absolute Gasteiger partial charge is 0.301 e. The second-order valence-corrected chi connectivity index (χ2v) is 8.71. The van der Waals surface area contributed by atoms with Crippen molar-refractivity contribution in [1.82, 2.24) is 4.98 Å². The zero-order valence-electron chi connectivity index (χ0n) is 17.3. The summed E-state index contributed by atoms with van der Waals surface area (Å²) < 4.78 is 28.3. The maximum Gasteiger partial charge on any atom is 0.301 e. The maximum atomic E-state index is 14.1. The van der Waals surface area contributed by atoms with Crippen molar-refractivity contribution in [2.24, 2.45) is 0 Å². The number of aromatic nitrogens is 1. The Labute approximate surface area is 191 Å². The molecule has 1 saturated heterocycles. The molecule has 1 fully saturated rings. The predicted octanol–water partition coefficient (Wildman–Crippen LogP) is 5.51. The van der Waals surface area contributed by atoms with Crippen LogP contribution in [0.3, 0.4) is 0 Å². The molecule has 1 N–H and O–H groups in total. The highest BCUT2D eigenvalue weighted by molar-refractivity contribution is 7.22. The molecule has 0 aliphatic carbocycles. The van der Waals surface area contributed by atoms with E-state index in [1.54, 1.807) is 6.07 Å².